The summed E-state index contributed by atoms with van der Waals surface area (Å²) in [6.07, 6.45) is 4.60. The van der Waals surface area contributed by atoms with Gasteiger partial charge in [0.05, 0.1) is 13.7 Å². The van der Waals surface area contributed by atoms with Crippen LogP contribution in [-0.4, -0.2) is 39.9 Å². The molecule has 27 heavy (non-hydrogen) atoms. The molecule has 1 atom stereocenters. The van der Waals surface area contributed by atoms with Gasteiger partial charge in [-0.15, -0.1) is 10.2 Å². The number of halogens is 1. The highest BCUT2D eigenvalue weighted by molar-refractivity contribution is 5.40. The number of pyridine rings is 1. The molecule has 1 aromatic carbocycles. The van der Waals surface area contributed by atoms with Crippen LogP contribution in [-0.2, 0) is 19.1 Å². The van der Waals surface area contributed by atoms with Gasteiger partial charge in [0, 0.05) is 38.8 Å². The second-order valence-electron chi connectivity index (χ2n) is 6.88. The Labute approximate surface area is 157 Å². The van der Waals surface area contributed by atoms with Crippen LogP contribution in [0, 0.1) is 0 Å². The van der Waals surface area contributed by atoms with E-state index in [2.05, 4.69) is 15.2 Å². The fourth-order valence-electron chi connectivity index (χ4n) is 3.55. The molecule has 0 N–H and O–H groups in total. The molecule has 0 radical (unpaired) electrons. The number of hydrogen-bond donors (Lipinski definition) is 0. The standard InChI is InChI=1S/C20H22FN5O/c1-25-18(12-15-6-9-22-10-7-15)23-24-19(25)26-11-8-20(21,14-26)16-4-3-5-17(13-16)27-2/h3-7,9-10,13H,8,11-12,14H2,1-2H3. The monoisotopic (exact) mass is 367 g/mol. The summed E-state index contributed by atoms with van der Waals surface area (Å²) in [4.78, 5) is 5.99. The molecule has 0 bridgehead atoms. The first-order valence-electron chi connectivity index (χ1n) is 8.95. The van der Waals surface area contributed by atoms with E-state index in [9.17, 15) is 0 Å². The maximum Gasteiger partial charge on any atom is 0.227 e. The van der Waals surface area contributed by atoms with Gasteiger partial charge in [-0.25, -0.2) is 4.39 Å². The van der Waals surface area contributed by atoms with Gasteiger partial charge in [-0.3, -0.25) is 4.98 Å². The van der Waals surface area contributed by atoms with Crippen LogP contribution in [0.3, 0.4) is 0 Å². The van der Waals surface area contributed by atoms with Crippen molar-refractivity contribution < 1.29 is 9.13 Å². The lowest BCUT2D eigenvalue weighted by Crippen LogP contribution is -2.28. The van der Waals surface area contributed by atoms with Gasteiger partial charge in [0.25, 0.3) is 0 Å². The van der Waals surface area contributed by atoms with Crippen molar-refractivity contribution in [3.8, 4) is 5.75 Å². The Morgan fingerprint density at radius 2 is 2.00 bits per heavy atom. The SMILES string of the molecule is COc1cccc(C2(F)CCN(c3nnc(Cc4ccncc4)n3C)C2)c1. The number of methoxy groups -OCH3 is 1. The number of hydrogen-bond acceptors (Lipinski definition) is 5. The second-order valence-corrected chi connectivity index (χ2v) is 6.88. The third kappa shape index (κ3) is 3.37. The summed E-state index contributed by atoms with van der Waals surface area (Å²) in [5, 5.41) is 8.63. The van der Waals surface area contributed by atoms with E-state index in [1.807, 2.05) is 46.8 Å². The van der Waals surface area contributed by atoms with E-state index in [0.717, 1.165) is 11.4 Å². The first-order valence-corrected chi connectivity index (χ1v) is 8.95. The molecule has 0 amide bonds. The lowest BCUT2D eigenvalue weighted by atomic mass is 9.95. The highest BCUT2D eigenvalue weighted by Gasteiger charge is 2.41. The van der Waals surface area contributed by atoms with Crippen LogP contribution in [0.15, 0.2) is 48.8 Å². The van der Waals surface area contributed by atoms with Crippen molar-refractivity contribution in [3.05, 3.63) is 65.7 Å². The number of benzene rings is 1. The van der Waals surface area contributed by atoms with Crippen LogP contribution < -0.4 is 9.64 Å². The Bertz CT molecular complexity index is 929. The number of alkyl halides is 1. The number of rotatable bonds is 5. The van der Waals surface area contributed by atoms with E-state index in [1.165, 1.54) is 0 Å². The Balaban J connectivity index is 1.53. The molecule has 0 spiro atoms. The highest BCUT2D eigenvalue weighted by Crippen LogP contribution is 2.38. The van der Waals surface area contributed by atoms with Crippen molar-refractivity contribution in [1.82, 2.24) is 19.7 Å². The molecule has 6 nitrogen and oxygen atoms in total. The second kappa shape index (κ2) is 6.98. The molecule has 1 fully saturated rings. The molecule has 1 saturated heterocycles. The third-order valence-electron chi connectivity index (χ3n) is 5.14. The average molecular weight is 367 g/mol. The zero-order valence-electron chi connectivity index (χ0n) is 15.5. The molecular weight excluding hydrogens is 345 g/mol. The molecule has 7 heteroatoms. The zero-order chi connectivity index (χ0) is 18.9. The topological polar surface area (TPSA) is 56.1 Å². The van der Waals surface area contributed by atoms with Gasteiger partial charge in [0.1, 0.15) is 11.6 Å². The molecular formula is C20H22FN5O. The Kier molecular flexibility index (Phi) is 4.51. The highest BCUT2D eigenvalue weighted by atomic mass is 19.1. The molecule has 1 aliphatic rings. The minimum Gasteiger partial charge on any atom is -0.497 e. The van der Waals surface area contributed by atoms with Gasteiger partial charge in [-0.2, -0.15) is 0 Å². The van der Waals surface area contributed by atoms with Crippen molar-refractivity contribution in [2.45, 2.75) is 18.5 Å². The van der Waals surface area contributed by atoms with Crippen LogP contribution in [0.1, 0.15) is 23.4 Å². The predicted molar refractivity (Wildman–Crippen MR) is 101 cm³/mol. The van der Waals surface area contributed by atoms with Crippen LogP contribution in [0.4, 0.5) is 10.3 Å². The van der Waals surface area contributed by atoms with Crippen LogP contribution >= 0.6 is 0 Å². The van der Waals surface area contributed by atoms with E-state index < -0.39 is 5.67 Å². The van der Waals surface area contributed by atoms with Crippen LogP contribution in [0.5, 0.6) is 5.75 Å². The summed E-state index contributed by atoms with van der Waals surface area (Å²) in [6, 6.07) is 11.2. The summed E-state index contributed by atoms with van der Waals surface area (Å²) in [7, 11) is 3.52. The van der Waals surface area contributed by atoms with E-state index in [1.54, 1.807) is 25.6 Å². The molecule has 2 aromatic heterocycles. The summed E-state index contributed by atoms with van der Waals surface area (Å²) in [6.45, 7) is 0.844. The van der Waals surface area contributed by atoms with E-state index in [-0.39, 0.29) is 6.54 Å². The number of anilines is 1. The summed E-state index contributed by atoms with van der Waals surface area (Å²) < 4.78 is 22.8. The van der Waals surface area contributed by atoms with E-state index in [4.69, 9.17) is 4.74 Å². The fraction of sp³-hybridized carbons (Fsp3) is 0.350. The van der Waals surface area contributed by atoms with Gasteiger partial charge >= 0.3 is 0 Å². The van der Waals surface area contributed by atoms with Crippen molar-refractivity contribution in [2.75, 3.05) is 25.1 Å². The van der Waals surface area contributed by atoms with Crippen molar-refractivity contribution in [3.63, 3.8) is 0 Å². The van der Waals surface area contributed by atoms with Gasteiger partial charge in [0.15, 0.2) is 5.67 Å². The quantitative estimate of drug-likeness (QED) is 0.694. The Hall–Kier alpha value is -2.96. The van der Waals surface area contributed by atoms with Crippen LogP contribution in [0.2, 0.25) is 0 Å². The van der Waals surface area contributed by atoms with Crippen molar-refractivity contribution in [2.24, 2.45) is 7.05 Å². The van der Waals surface area contributed by atoms with Crippen molar-refractivity contribution in [1.29, 1.82) is 0 Å². The molecule has 1 unspecified atom stereocenters. The zero-order valence-corrected chi connectivity index (χ0v) is 15.5. The molecule has 3 heterocycles. The molecule has 0 aliphatic carbocycles. The summed E-state index contributed by atoms with van der Waals surface area (Å²) >= 11 is 0. The van der Waals surface area contributed by atoms with Gasteiger partial charge in [-0.1, -0.05) is 12.1 Å². The largest absolute Gasteiger partial charge is 0.497 e. The van der Waals surface area contributed by atoms with Gasteiger partial charge in [-0.05, 0) is 35.4 Å². The summed E-state index contributed by atoms with van der Waals surface area (Å²) in [5.74, 6) is 2.21. The fourth-order valence-corrected chi connectivity index (χ4v) is 3.55. The molecule has 4 rings (SSSR count). The number of ether oxygens (including phenoxy) is 1. The third-order valence-corrected chi connectivity index (χ3v) is 5.14. The lowest BCUT2D eigenvalue weighted by Gasteiger charge is -2.22. The minimum absolute atomic E-state index is 0.251. The first-order chi connectivity index (χ1) is 13.1. The molecule has 1 aliphatic heterocycles. The first kappa shape index (κ1) is 17.5. The number of aromatic nitrogens is 4. The van der Waals surface area contributed by atoms with Gasteiger partial charge in [0.2, 0.25) is 5.95 Å². The number of nitrogens with zero attached hydrogens (tertiary/aromatic N) is 5. The normalized spacial score (nSPS) is 19.4. The van der Waals surface area contributed by atoms with Crippen LogP contribution in [0.25, 0.3) is 0 Å². The minimum atomic E-state index is -1.42. The maximum absolute atomic E-state index is 15.6. The van der Waals surface area contributed by atoms with Crippen molar-refractivity contribution >= 4 is 5.95 Å². The molecule has 3 aromatic rings. The average Bonchev–Trinajstić information content (AvgIpc) is 3.27. The van der Waals surface area contributed by atoms with E-state index >= 15 is 4.39 Å². The molecule has 0 saturated carbocycles. The van der Waals surface area contributed by atoms with E-state index in [0.29, 0.717) is 36.6 Å². The maximum atomic E-state index is 15.6. The summed E-state index contributed by atoms with van der Waals surface area (Å²) in [5.41, 5.74) is 0.333. The Morgan fingerprint density at radius 1 is 1.19 bits per heavy atom. The molecule has 140 valence electrons. The smallest absolute Gasteiger partial charge is 0.227 e. The van der Waals surface area contributed by atoms with Gasteiger partial charge < -0.3 is 14.2 Å². The lowest BCUT2D eigenvalue weighted by molar-refractivity contribution is 0.195. The predicted octanol–water partition coefficient (Wildman–Crippen LogP) is 2.88. The Morgan fingerprint density at radius 3 is 2.78 bits per heavy atom.